The molecule has 0 aromatic heterocycles. The summed E-state index contributed by atoms with van der Waals surface area (Å²) in [6.07, 6.45) is 13.6. The van der Waals surface area contributed by atoms with E-state index in [2.05, 4.69) is 32.3 Å². The third kappa shape index (κ3) is 11.9. The van der Waals surface area contributed by atoms with Gasteiger partial charge in [-0.2, -0.15) is 0 Å². The van der Waals surface area contributed by atoms with Crippen LogP contribution in [0, 0.1) is 11.8 Å². The number of nitrogens with one attached hydrogen (secondary N) is 1. The maximum Gasteiger partial charge on any atom is 0.0379 e. The number of rotatable bonds is 8. The fraction of sp³-hybridized carbons (Fsp3) is 0.619. The third-order valence-electron chi connectivity index (χ3n) is 4.45. The molecular weight excluding hydrogens is 337 g/mol. The Kier molecular flexibility index (Phi) is 14.5. The van der Waals surface area contributed by atoms with Crippen LogP contribution in [0.5, 0.6) is 0 Å². The van der Waals surface area contributed by atoms with E-state index in [-0.39, 0.29) is 0 Å². The second-order valence-electron chi connectivity index (χ2n) is 6.46. The van der Waals surface area contributed by atoms with Crippen molar-refractivity contribution in [3.8, 4) is 0 Å². The molecule has 0 amide bonds. The zero-order valence-corrected chi connectivity index (χ0v) is 17.2. The van der Waals surface area contributed by atoms with Crippen molar-refractivity contribution < 1.29 is 0 Å². The van der Waals surface area contributed by atoms with Gasteiger partial charge in [0.1, 0.15) is 0 Å². The number of halogens is 2. The van der Waals surface area contributed by atoms with Crippen LogP contribution in [0.2, 0.25) is 0 Å². The first kappa shape index (κ1) is 23.5. The lowest BCUT2D eigenvalue weighted by Gasteiger charge is -2.28. The smallest absolute Gasteiger partial charge is 0.0379 e. The molecule has 0 unspecified atom stereocenters. The summed E-state index contributed by atoms with van der Waals surface area (Å²) < 4.78 is 0. The highest BCUT2D eigenvalue weighted by atomic mass is 35.5. The molecule has 24 heavy (non-hydrogen) atoms. The number of hydrogen-bond donors (Lipinski definition) is 1. The van der Waals surface area contributed by atoms with Gasteiger partial charge in [-0.3, -0.25) is 0 Å². The van der Waals surface area contributed by atoms with Crippen LogP contribution in [0.3, 0.4) is 0 Å². The summed E-state index contributed by atoms with van der Waals surface area (Å²) in [6.45, 7) is 15.6. The van der Waals surface area contributed by atoms with E-state index in [1.54, 1.807) is 6.08 Å². The molecule has 0 bridgehead atoms. The van der Waals surface area contributed by atoms with Crippen LogP contribution in [-0.2, 0) is 0 Å². The third-order valence-corrected chi connectivity index (χ3v) is 4.84. The quantitative estimate of drug-likeness (QED) is 0.444. The van der Waals surface area contributed by atoms with Crippen LogP contribution in [0.25, 0.3) is 0 Å². The Bertz CT molecular complexity index is 412. The van der Waals surface area contributed by atoms with E-state index in [1.165, 1.54) is 32.1 Å². The Balaban J connectivity index is 0.000000754. The molecule has 138 valence electrons. The molecule has 0 saturated heterocycles. The molecule has 0 aromatic rings. The van der Waals surface area contributed by atoms with Crippen LogP contribution < -0.4 is 5.32 Å². The lowest BCUT2D eigenvalue weighted by atomic mass is 9.81. The molecule has 1 N–H and O–H groups in total. The van der Waals surface area contributed by atoms with Gasteiger partial charge in [0.25, 0.3) is 0 Å². The van der Waals surface area contributed by atoms with E-state index < -0.39 is 0 Å². The maximum atomic E-state index is 5.93. The molecule has 0 heterocycles. The fourth-order valence-corrected chi connectivity index (χ4v) is 3.21. The zero-order valence-electron chi connectivity index (χ0n) is 15.7. The minimum Gasteiger partial charge on any atom is -0.312 e. The van der Waals surface area contributed by atoms with Gasteiger partial charge in [0.15, 0.2) is 0 Å². The molecule has 3 heteroatoms. The van der Waals surface area contributed by atoms with Crippen molar-refractivity contribution in [2.24, 2.45) is 11.8 Å². The molecule has 1 aliphatic carbocycles. The topological polar surface area (TPSA) is 12.0 Å². The first-order chi connectivity index (χ1) is 11.4. The highest BCUT2D eigenvalue weighted by Crippen LogP contribution is 2.30. The van der Waals surface area contributed by atoms with Crippen molar-refractivity contribution in [2.75, 3.05) is 13.1 Å². The summed E-state index contributed by atoms with van der Waals surface area (Å²) in [4.78, 5) is 0. The summed E-state index contributed by atoms with van der Waals surface area (Å²) in [6, 6.07) is 0. The highest BCUT2D eigenvalue weighted by molar-refractivity contribution is 6.31. The molecule has 0 atom stereocenters. The van der Waals surface area contributed by atoms with Crippen molar-refractivity contribution in [1.29, 1.82) is 0 Å². The van der Waals surface area contributed by atoms with Gasteiger partial charge in [-0.05, 0) is 50.1 Å². The van der Waals surface area contributed by atoms with Crippen molar-refractivity contribution >= 4 is 23.2 Å². The van der Waals surface area contributed by atoms with E-state index in [9.17, 15) is 0 Å². The molecule has 1 saturated carbocycles. The van der Waals surface area contributed by atoms with Crippen LogP contribution in [-0.4, -0.2) is 13.1 Å². The summed E-state index contributed by atoms with van der Waals surface area (Å²) >= 11 is 11.4. The van der Waals surface area contributed by atoms with Gasteiger partial charge in [0.05, 0.1) is 0 Å². The van der Waals surface area contributed by atoms with Gasteiger partial charge in [-0.1, -0.05) is 87.7 Å². The van der Waals surface area contributed by atoms with E-state index in [4.69, 9.17) is 23.2 Å². The first-order valence-corrected chi connectivity index (χ1v) is 9.89. The Hall–Kier alpha value is -0.500. The number of hydrogen-bond acceptors (Lipinski definition) is 1. The normalized spacial score (nSPS) is 21.7. The van der Waals surface area contributed by atoms with E-state index >= 15 is 0 Å². The fourth-order valence-electron chi connectivity index (χ4n) is 2.92. The highest BCUT2D eigenvalue weighted by Gasteiger charge is 2.19. The summed E-state index contributed by atoms with van der Waals surface area (Å²) in [5.41, 5.74) is 1.04. The molecule has 1 nitrogen and oxygen atoms in total. The molecule has 0 radical (unpaired) electrons. The Labute approximate surface area is 159 Å². The minimum atomic E-state index is 0.608. The monoisotopic (exact) mass is 371 g/mol. The van der Waals surface area contributed by atoms with E-state index in [0.717, 1.165) is 42.0 Å². The van der Waals surface area contributed by atoms with Crippen LogP contribution in [0.1, 0.15) is 59.3 Å². The van der Waals surface area contributed by atoms with Crippen molar-refractivity contribution in [1.82, 2.24) is 5.32 Å². The molecular formula is C21H35Cl2N. The van der Waals surface area contributed by atoms with E-state index in [0.29, 0.717) is 5.03 Å². The first-order valence-electron chi connectivity index (χ1n) is 9.13. The van der Waals surface area contributed by atoms with Gasteiger partial charge >= 0.3 is 0 Å². The maximum absolute atomic E-state index is 5.93. The lowest BCUT2D eigenvalue weighted by molar-refractivity contribution is 0.264. The van der Waals surface area contributed by atoms with Crippen LogP contribution in [0.4, 0.5) is 0 Å². The molecule has 1 aliphatic rings. The minimum absolute atomic E-state index is 0.608. The van der Waals surface area contributed by atoms with Gasteiger partial charge in [0, 0.05) is 16.6 Å². The second-order valence-corrected chi connectivity index (χ2v) is 7.51. The summed E-state index contributed by atoms with van der Waals surface area (Å²) in [7, 11) is 0. The summed E-state index contributed by atoms with van der Waals surface area (Å²) in [5.74, 6) is 1.81. The molecule has 1 rings (SSSR count). The second kappa shape index (κ2) is 14.8. The van der Waals surface area contributed by atoms with Gasteiger partial charge in [-0.25, -0.2) is 0 Å². The van der Waals surface area contributed by atoms with Crippen LogP contribution in [0.15, 0.2) is 47.0 Å². The molecule has 0 spiro atoms. The van der Waals surface area contributed by atoms with Gasteiger partial charge in [-0.15, -0.1) is 0 Å². The summed E-state index contributed by atoms with van der Waals surface area (Å²) in [5, 5.41) is 4.99. The largest absolute Gasteiger partial charge is 0.312 e. The molecule has 0 aromatic carbocycles. The van der Waals surface area contributed by atoms with Gasteiger partial charge < -0.3 is 5.32 Å². The van der Waals surface area contributed by atoms with Crippen molar-refractivity contribution in [3.05, 3.63) is 47.0 Å². The van der Waals surface area contributed by atoms with Crippen molar-refractivity contribution in [2.45, 2.75) is 59.3 Å². The predicted octanol–water partition coefficient (Wildman–Crippen LogP) is 7.20. The molecule has 1 fully saturated rings. The van der Waals surface area contributed by atoms with Crippen LogP contribution >= 0.6 is 23.2 Å². The standard InChI is InChI=1S/C16H26ClN.C5H9Cl/c1-4-6-16(13(3)17)12-18-11-15-9-7-14(5-2)8-10-15;1-3-4-5(2)6/h4,6,14-15,18H,1,3,5,7-12H2,2H3;4H,3H2,1-2H3/b16-6-;5-4-. The number of allylic oxidation sites excluding steroid dienone is 4. The van der Waals surface area contributed by atoms with E-state index in [1.807, 2.05) is 19.1 Å². The zero-order chi connectivity index (χ0) is 18.4. The Morgan fingerprint density at radius 1 is 1.12 bits per heavy atom. The Morgan fingerprint density at radius 2 is 1.71 bits per heavy atom. The SMILES string of the molecule is C=C/C=C(/CNCC1CCC(CC)CC1)C(=C)Cl.CC/C=C(/C)Cl. The predicted molar refractivity (Wildman–Crippen MR) is 112 cm³/mol. The van der Waals surface area contributed by atoms with Gasteiger partial charge in [0.2, 0.25) is 0 Å². The average molecular weight is 372 g/mol. The lowest BCUT2D eigenvalue weighted by Crippen LogP contribution is -2.27. The molecule has 0 aliphatic heterocycles. The van der Waals surface area contributed by atoms with Crippen molar-refractivity contribution in [3.63, 3.8) is 0 Å². The average Bonchev–Trinajstić information content (AvgIpc) is 2.55. The Morgan fingerprint density at radius 3 is 2.08 bits per heavy atom.